The van der Waals surface area contributed by atoms with E-state index < -0.39 is 0 Å². The Balaban J connectivity index is 2.06. The van der Waals surface area contributed by atoms with Gasteiger partial charge in [0.15, 0.2) is 0 Å². The largest absolute Gasteiger partial charge is 0.0594 e. The minimum Gasteiger partial charge on any atom is -0.0594 e. The minimum absolute atomic E-state index is 0.738. The second-order valence-corrected chi connectivity index (χ2v) is 4.88. The lowest BCUT2D eigenvalue weighted by molar-refractivity contribution is 0.274. The molecular weight excluding hydrogens is 108 g/mol. The van der Waals surface area contributed by atoms with E-state index in [9.17, 15) is 0 Å². The van der Waals surface area contributed by atoms with Crippen molar-refractivity contribution in [3.8, 4) is 0 Å². The monoisotopic (exact) mass is 122 g/mol. The number of hydrogen-bond acceptors (Lipinski definition) is 0. The van der Waals surface area contributed by atoms with Crippen LogP contribution in [0.3, 0.4) is 0 Å². The van der Waals surface area contributed by atoms with Crippen molar-refractivity contribution in [2.24, 2.45) is 22.7 Å². The molecule has 0 N–H and O–H groups in total. The van der Waals surface area contributed by atoms with Gasteiger partial charge in [-0.05, 0) is 41.9 Å². The molecule has 3 aliphatic carbocycles. The SMILES string of the molecule is CC1(C)CCC2C3CC231. The van der Waals surface area contributed by atoms with Gasteiger partial charge >= 0.3 is 0 Å². The van der Waals surface area contributed by atoms with E-state index in [1.165, 1.54) is 18.3 Å². The highest BCUT2D eigenvalue weighted by molar-refractivity contribution is 5.33. The molecule has 0 bridgehead atoms. The van der Waals surface area contributed by atoms with Crippen molar-refractivity contribution >= 4 is 0 Å². The predicted octanol–water partition coefficient (Wildman–Crippen LogP) is 2.44. The molecule has 3 atom stereocenters. The summed E-state index contributed by atoms with van der Waals surface area (Å²) in [6, 6.07) is 0. The van der Waals surface area contributed by atoms with Crippen molar-refractivity contribution in [3.63, 3.8) is 0 Å². The second kappa shape index (κ2) is 0.889. The molecule has 0 amide bonds. The van der Waals surface area contributed by atoms with Crippen LogP contribution >= 0.6 is 0 Å². The molecule has 0 heterocycles. The van der Waals surface area contributed by atoms with Gasteiger partial charge in [-0.15, -0.1) is 0 Å². The maximum absolute atomic E-state index is 2.47. The van der Waals surface area contributed by atoms with Crippen LogP contribution < -0.4 is 0 Å². The maximum atomic E-state index is 2.47. The van der Waals surface area contributed by atoms with Gasteiger partial charge in [-0.3, -0.25) is 0 Å². The molecule has 0 heteroatoms. The van der Waals surface area contributed by atoms with E-state index in [0.717, 1.165) is 10.8 Å². The van der Waals surface area contributed by atoms with Gasteiger partial charge in [0, 0.05) is 0 Å². The Morgan fingerprint density at radius 1 is 1.22 bits per heavy atom. The standard InChI is InChI=1S/C9H14/c1-8(2)4-3-6-7-5-9(6,7)8/h6-7H,3-5H2,1-2H3. The Morgan fingerprint density at radius 3 is 2.22 bits per heavy atom. The summed E-state index contributed by atoms with van der Waals surface area (Å²) in [5.74, 6) is 2.41. The molecular formula is C9H14. The molecule has 0 aliphatic heterocycles. The van der Waals surface area contributed by atoms with Crippen molar-refractivity contribution in [2.45, 2.75) is 33.1 Å². The summed E-state index contributed by atoms with van der Waals surface area (Å²) in [5, 5.41) is 0. The third-order valence-corrected chi connectivity index (χ3v) is 4.44. The van der Waals surface area contributed by atoms with Crippen molar-refractivity contribution in [2.75, 3.05) is 0 Å². The average molecular weight is 122 g/mol. The smallest absolute Gasteiger partial charge is 0.0181 e. The van der Waals surface area contributed by atoms with E-state index >= 15 is 0 Å². The van der Waals surface area contributed by atoms with E-state index in [0.29, 0.717) is 0 Å². The highest BCUT2D eigenvalue weighted by Gasteiger charge is 2.85. The molecule has 0 radical (unpaired) electrons. The zero-order chi connectivity index (χ0) is 6.28. The summed E-state index contributed by atoms with van der Waals surface area (Å²) in [6.45, 7) is 4.94. The lowest BCUT2D eigenvalue weighted by Gasteiger charge is -2.22. The van der Waals surface area contributed by atoms with Crippen LogP contribution in [0, 0.1) is 22.7 Å². The van der Waals surface area contributed by atoms with Gasteiger partial charge in [0.25, 0.3) is 0 Å². The molecule has 0 nitrogen and oxygen atoms in total. The normalized spacial score (nSPS) is 64.7. The summed E-state index contributed by atoms with van der Waals surface area (Å²) in [7, 11) is 0. The Morgan fingerprint density at radius 2 is 2.00 bits per heavy atom. The summed E-state index contributed by atoms with van der Waals surface area (Å²) in [6.07, 6.45) is 4.65. The third kappa shape index (κ3) is 0.281. The fourth-order valence-electron chi connectivity index (χ4n) is 3.53. The van der Waals surface area contributed by atoms with Crippen molar-refractivity contribution in [1.82, 2.24) is 0 Å². The van der Waals surface area contributed by atoms with Crippen LogP contribution in [0.4, 0.5) is 0 Å². The Labute approximate surface area is 56.6 Å². The van der Waals surface area contributed by atoms with Crippen molar-refractivity contribution < 1.29 is 0 Å². The number of hydrogen-bond donors (Lipinski definition) is 0. The summed E-state index contributed by atoms with van der Waals surface area (Å²) in [4.78, 5) is 0. The Bertz CT molecular complexity index is 180. The van der Waals surface area contributed by atoms with Crippen LogP contribution in [-0.4, -0.2) is 0 Å². The fourth-order valence-corrected chi connectivity index (χ4v) is 3.53. The first kappa shape index (κ1) is 4.76. The fraction of sp³-hybridized carbons (Fsp3) is 1.00. The molecule has 50 valence electrons. The zero-order valence-corrected chi connectivity index (χ0v) is 6.28. The first-order chi connectivity index (χ1) is 4.18. The van der Waals surface area contributed by atoms with E-state index in [1.807, 2.05) is 0 Å². The molecule has 0 aromatic rings. The molecule has 0 aromatic carbocycles. The van der Waals surface area contributed by atoms with E-state index in [4.69, 9.17) is 0 Å². The zero-order valence-electron chi connectivity index (χ0n) is 6.28. The number of fused-ring (bicyclic) bond motifs is 1. The quantitative estimate of drug-likeness (QED) is 0.463. The highest BCUT2D eigenvalue weighted by Crippen LogP contribution is 2.91. The van der Waals surface area contributed by atoms with E-state index in [-0.39, 0.29) is 0 Å². The molecule has 3 aliphatic rings. The molecule has 3 rings (SSSR count). The lowest BCUT2D eigenvalue weighted by Crippen LogP contribution is -2.14. The molecule has 3 unspecified atom stereocenters. The lowest BCUT2D eigenvalue weighted by atomic mass is 9.83. The Kier molecular flexibility index (Phi) is 0.470. The molecule has 0 saturated heterocycles. The van der Waals surface area contributed by atoms with Crippen molar-refractivity contribution in [3.05, 3.63) is 0 Å². The summed E-state index contributed by atoms with van der Waals surface area (Å²) >= 11 is 0. The van der Waals surface area contributed by atoms with Gasteiger partial charge in [0.1, 0.15) is 0 Å². The predicted molar refractivity (Wildman–Crippen MR) is 37.0 cm³/mol. The molecule has 9 heavy (non-hydrogen) atoms. The van der Waals surface area contributed by atoms with Crippen LogP contribution in [-0.2, 0) is 0 Å². The van der Waals surface area contributed by atoms with E-state index in [2.05, 4.69) is 13.8 Å². The van der Waals surface area contributed by atoms with Gasteiger partial charge < -0.3 is 0 Å². The summed E-state index contributed by atoms with van der Waals surface area (Å²) < 4.78 is 0. The topological polar surface area (TPSA) is 0 Å². The van der Waals surface area contributed by atoms with Crippen molar-refractivity contribution in [1.29, 1.82) is 0 Å². The first-order valence-corrected chi connectivity index (χ1v) is 4.18. The maximum Gasteiger partial charge on any atom is -0.0181 e. The van der Waals surface area contributed by atoms with Gasteiger partial charge in [0.05, 0.1) is 0 Å². The van der Waals surface area contributed by atoms with Crippen LogP contribution in [0.1, 0.15) is 33.1 Å². The van der Waals surface area contributed by atoms with Gasteiger partial charge in [-0.2, -0.15) is 0 Å². The van der Waals surface area contributed by atoms with Gasteiger partial charge in [-0.1, -0.05) is 13.8 Å². The van der Waals surface area contributed by atoms with Gasteiger partial charge in [0.2, 0.25) is 0 Å². The third-order valence-electron chi connectivity index (χ3n) is 4.44. The summed E-state index contributed by atoms with van der Waals surface area (Å²) in [5.41, 5.74) is 1.66. The molecule has 3 saturated carbocycles. The van der Waals surface area contributed by atoms with Crippen LogP contribution in [0.2, 0.25) is 0 Å². The molecule has 1 spiro atoms. The van der Waals surface area contributed by atoms with Crippen LogP contribution in [0.15, 0.2) is 0 Å². The van der Waals surface area contributed by atoms with Crippen LogP contribution in [0.25, 0.3) is 0 Å². The average Bonchev–Trinajstić information content (AvgIpc) is 2.42. The Hall–Kier alpha value is 0. The molecule has 3 fully saturated rings. The minimum atomic E-state index is 0.738. The van der Waals surface area contributed by atoms with Crippen LogP contribution in [0.5, 0.6) is 0 Å². The van der Waals surface area contributed by atoms with E-state index in [1.54, 1.807) is 12.8 Å². The number of rotatable bonds is 0. The van der Waals surface area contributed by atoms with Gasteiger partial charge in [-0.25, -0.2) is 0 Å². The highest BCUT2D eigenvalue weighted by atomic mass is 14.9. The first-order valence-electron chi connectivity index (χ1n) is 4.18. The molecule has 0 aromatic heterocycles. The second-order valence-electron chi connectivity index (χ2n) is 4.88.